The van der Waals surface area contributed by atoms with Crippen LogP contribution < -0.4 is 9.47 Å². The molecule has 0 bridgehead atoms. The van der Waals surface area contributed by atoms with Gasteiger partial charge in [-0.25, -0.2) is 0 Å². The maximum atomic E-state index is 11.7. The van der Waals surface area contributed by atoms with Crippen LogP contribution in [-0.2, 0) is 14.2 Å². The third-order valence-electron chi connectivity index (χ3n) is 5.43. The highest BCUT2D eigenvalue weighted by Crippen LogP contribution is 2.35. The van der Waals surface area contributed by atoms with Gasteiger partial charge in [0.05, 0.1) is 20.3 Å². The third-order valence-corrected chi connectivity index (χ3v) is 5.43. The Bertz CT molecular complexity index is 832. The van der Waals surface area contributed by atoms with Crippen molar-refractivity contribution in [3.8, 4) is 17.2 Å². The highest BCUT2D eigenvalue weighted by molar-refractivity contribution is 5.99. The zero-order valence-corrected chi connectivity index (χ0v) is 17.8. The van der Waals surface area contributed by atoms with Crippen LogP contribution in [-0.4, -0.2) is 117 Å². The average molecular weight is 476 g/mol. The molecule has 2 heterocycles. The molecule has 2 aliphatic rings. The van der Waals surface area contributed by atoms with E-state index >= 15 is 0 Å². The lowest BCUT2D eigenvalue weighted by atomic mass is 9.99. The first-order chi connectivity index (χ1) is 15.5. The smallest absolute Gasteiger partial charge is 0.229 e. The monoisotopic (exact) mass is 476 g/mol. The number of rotatable bonds is 7. The number of ether oxygens (including phenoxy) is 5. The minimum atomic E-state index is -1.71. The van der Waals surface area contributed by atoms with Crippen LogP contribution in [0.2, 0.25) is 0 Å². The van der Waals surface area contributed by atoms with Gasteiger partial charge in [-0.1, -0.05) is 0 Å². The van der Waals surface area contributed by atoms with Crippen molar-refractivity contribution in [1.82, 2.24) is 0 Å². The molecule has 33 heavy (non-hydrogen) atoms. The number of phenols is 1. The number of aliphatic hydroxyl groups excluding tert-OH is 6. The van der Waals surface area contributed by atoms with E-state index in [2.05, 4.69) is 0 Å². The minimum Gasteiger partial charge on any atom is -0.507 e. The van der Waals surface area contributed by atoms with Crippen molar-refractivity contribution in [2.45, 2.75) is 62.2 Å². The lowest BCUT2D eigenvalue weighted by molar-refractivity contribution is -0.307. The van der Waals surface area contributed by atoms with Gasteiger partial charge < -0.3 is 59.4 Å². The Morgan fingerprint density at radius 1 is 1.00 bits per heavy atom. The number of carbonyl (C=O) groups is 1. The van der Waals surface area contributed by atoms with Crippen molar-refractivity contribution >= 4 is 5.78 Å². The predicted molar refractivity (Wildman–Crippen MR) is 106 cm³/mol. The van der Waals surface area contributed by atoms with Gasteiger partial charge >= 0.3 is 0 Å². The van der Waals surface area contributed by atoms with Gasteiger partial charge in [0.25, 0.3) is 0 Å². The molecular weight excluding hydrogens is 448 g/mol. The van der Waals surface area contributed by atoms with Crippen molar-refractivity contribution in [1.29, 1.82) is 0 Å². The van der Waals surface area contributed by atoms with Gasteiger partial charge in [-0.3, -0.25) is 4.79 Å². The number of benzene rings is 1. The molecule has 9 atom stereocenters. The van der Waals surface area contributed by atoms with E-state index in [0.717, 1.165) is 6.07 Å². The fourth-order valence-electron chi connectivity index (χ4n) is 3.56. The molecule has 2 aliphatic heterocycles. The number of phenolic OH excluding ortho intramolecular Hbond substituents is 1. The van der Waals surface area contributed by atoms with Gasteiger partial charge in [-0.15, -0.1) is 0 Å². The molecule has 2 fully saturated rings. The number of carbonyl (C=O) groups excluding carboxylic acids is 1. The highest BCUT2D eigenvalue weighted by Gasteiger charge is 2.46. The Balaban J connectivity index is 1.71. The molecule has 0 saturated carbocycles. The maximum absolute atomic E-state index is 11.7. The normalized spacial score (nSPS) is 36.9. The molecule has 3 rings (SSSR count). The van der Waals surface area contributed by atoms with Crippen molar-refractivity contribution in [3.63, 3.8) is 0 Å². The number of methoxy groups -OCH3 is 1. The molecule has 0 radical (unpaired) electrons. The summed E-state index contributed by atoms with van der Waals surface area (Å²) in [4.78, 5) is 11.7. The summed E-state index contributed by atoms with van der Waals surface area (Å²) in [5, 5.41) is 70.0. The number of aliphatic hydroxyl groups is 6. The molecule has 0 aliphatic carbocycles. The van der Waals surface area contributed by atoms with Crippen molar-refractivity contribution in [2.75, 3.05) is 20.3 Å². The van der Waals surface area contributed by atoms with Gasteiger partial charge in [0, 0.05) is 12.1 Å². The molecule has 1 aromatic rings. The summed E-state index contributed by atoms with van der Waals surface area (Å²) in [5.41, 5.74) is -0.0740. The van der Waals surface area contributed by atoms with E-state index in [1.807, 2.05) is 0 Å². The van der Waals surface area contributed by atoms with Crippen LogP contribution in [0.25, 0.3) is 0 Å². The molecule has 13 nitrogen and oxygen atoms in total. The first-order valence-electron chi connectivity index (χ1n) is 10.1. The van der Waals surface area contributed by atoms with E-state index in [1.54, 1.807) is 0 Å². The molecule has 0 unspecified atom stereocenters. The van der Waals surface area contributed by atoms with Gasteiger partial charge in [-0.05, 0) is 6.92 Å². The van der Waals surface area contributed by atoms with Crippen molar-refractivity contribution in [2.24, 2.45) is 0 Å². The van der Waals surface area contributed by atoms with Crippen molar-refractivity contribution < 1.29 is 64.2 Å². The zero-order valence-electron chi connectivity index (χ0n) is 17.8. The quantitative estimate of drug-likeness (QED) is 0.200. The minimum absolute atomic E-state index is 0.00689. The Kier molecular flexibility index (Phi) is 8.10. The Morgan fingerprint density at radius 3 is 2.30 bits per heavy atom. The van der Waals surface area contributed by atoms with E-state index in [9.17, 15) is 40.5 Å². The predicted octanol–water partition coefficient (Wildman–Crippen LogP) is -2.75. The summed E-state index contributed by atoms with van der Waals surface area (Å²) in [6.07, 6.45) is -13.6. The van der Waals surface area contributed by atoms with Gasteiger partial charge in [0.2, 0.25) is 6.29 Å². The number of hydrogen-bond acceptors (Lipinski definition) is 13. The highest BCUT2D eigenvalue weighted by atomic mass is 16.7. The van der Waals surface area contributed by atoms with E-state index in [-0.39, 0.29) is 23.7 Å². The summed E-state index contributed by atoms with van der Waals surface area (Å²) in [6, 6.07) is 2.37. The zero-order chi connectivity index (χ0) is 24.4. The van der Waals surface area contributed by atoms with Gasteiger partial charge in [-0.2, -0.15) is 0 Å². The second-order valence-corrected chi connectivity index (χ2v) is 7.79. The second kappa shape index (κ2) is 10.5. The fraction of sp³-hybridized carbons (Fsp3) is 0.650. The van der Waals surface area contributed by atoms with E-state index < -0.39 is 73.4 Å². The maximum Gasteiger partial charge on any atom is 0.229 e. The molecule has 7 N–H and O–H groups in total. The lowest BCUT2D eigenvalue weighted by Crippen LogP contribution is -2.61. The third kappa shape index (κ3) is 5.37. The number of aromatic hydroxyl groups is 1. The van der Waals surface area contributed by atoms with Gasteiger partial charge in [0.15, 0.2) is 12.1 Å². The largest absolute Gasteiger partial charge is 0.507 e. The average Bonchev–Trinajstić information content (AvgIpc) is 2.77. The lowest BCUT2D eigenvalue weighted by Gasteiger charge is -2.41. The van der Waals surface area contributed by atoms with Crippen LogP contribution in [0.15, 0.2) is 12.1 Å². The number of ketones is 1. The summed E-state index contributed by atoms with van der Waals surface area (Å²) < 4.78 is 26.5. The van der Waals surface area contributed by atoms with E-state index in [1.165, 1.54) is 20.1 Å². The Hall–Kier alpha value is -2.07. The molecular formula is C20H28O13. The summed E-state index contributed by atoms with van der Waals surface area (Å²) in [5.74, 6) is -0.950. The van der Waals surface area contributed by atoms with E-state index in [0.29, 0.717) is 0 Å². The summed E-state index contributed by atoms with van der Waals surface area (Å²) in [7, 11) is 1.28. The second-order valence-electron chi connectivity index (χ2n) is 7.79. The standard InChI is InChI=1S/C20H28O13/c1-7(21)13-9(22)3-8(4-11(13)29-2)32-20-18(28)16(26)15(25)12(33-20)6-31-19-17(27)14(24)10(23)5-30-19/h3-4,10,12,14-20,22-28H,5-6H2,1-2H3/t10-,12-,14+,15-,16+,17-,18-,19+,20-/m1/s1. The number of hydrogen-bond donors (Lipinski definition) is 7. The molecule has 0 amide bonds. The van der Waals surface area contributed by atoms with Crippen LogP contribution >= 0.6 is 0 Å². The summed E-state index contributed by atoms with van der Waals surface area (Å²) >= 11 is 0. The molecule has 1 aromatic carbocycles. The SMILES string of the molecule is COc1cc(O[C@@H]2O[C@H](CO[C@@H]3OC[C@@H](O)[C@H](O)[C@H]3O)[C@@H](O)[C@H](O)[C@H]2O)cc(O)c1C(C)=O. The van der Waals surface area contributed by atoms with Crippen LogP contribution in [0.1, 0.15) is 17.3 Å². The molecule has 186 valence electrons. The fourth-order valence-corrected chi connectivity index (χ4v) is 3.56. The van der Waals surface area contributed by atoms with Crippen LogP contribution in [0, 0.1) is 0 Å². The first-order valence-corrected chi connectivity index (χ1v) is 10.1. The first kappa shape index (κ1) is 25.6. The molecule has 2 saturated heterocycles. The number of Topliss-reactive ketones (excluding diaryl/α,β-unsaturated/α-hetero) is 1. The Labute approximate surface area is 188 Å². The van der Waals surface area contributed by atoms with Gasteiger partial charge in [0.1, 0.15) is 65.5 Å². The molecule has 13 heteroatoms. The van der Waals surface area contributed by atoms with E-state index in [4.69, 9.17) is 23.7 Å². The molecule has 0 spiro atoms. The van der Waals surface area contributed by atoms with Crippen LogP contribution in [0.3, 0.4) is 0 Å². The summed E-state index contributed by atoms with van der Waals surface area (Å²) in [6.45, 7) is 0.486. The van der Waals surface area contributed by atoms with Crippen LogP contribution in [0.4, 0.5) is 0 Å². The van der Waals surface area contributed by atoms with Crippen molar-refractivity contribution in [3.05, 3.63) is 17.7 Å². The topological polar surface area (TPSA) is 205 Å². The molecule has 0 aromatic heterocycles. The Morgan fingerprint density at radius 2 is 1.67 bits per heavy atom. The van der Waals surface area contributed by atoms with Crippen LogP contribution in [0.5, 0.6) is 17.2 Å².